The van der Waals surface area contributed by atoms with Gasteiger partial charge in [-0.2, -0.15) is 16.9 Å². The first kappa shape index (κ1) is 14.9. The van der Waals surface area contributed by atoms with Gasteiger partial charge in [-0.25, -0.2) is 0 Å². The predicted molar refractivity (Wildman–Crippen MR) is 80.4 cm³/mol. The zero-order chi connectivity index (χ0) is 14.0. The van der Waals surface area contributed by atoms with E-state index in [1.807, 2.05) is 23.4 Å². The largest absolute Gasteiger partial charge is 0.481 e. The van der Waals surface area contributed by atoms with E-state index in [1.54, 1.807) is 0 Å². The van der Waals surface area contributed by atoms with Gasteiger partial charge >= 0.3 is 5.97 Å². The van der Waals surface area contributed by atoms with Crippen LogP contribution in [0.25, 0.3) is 0 Å². The summed E-state index contributed by atoms with van der Waals surface area (Å²) in [5.41, 5.74) is 2.29. The van der Waals surface area contributed by atoms with E-state index in [1.165, 1.54) is 5.69 Å². The fourth-order valence-electron chi connectivity index (χ4n) is 2.24. The normalized spacial score (nSPS) is 16.6. The van der Waals surface area contributed by atoms with E-state index in [0.29, 0.717) is 6.42 Å². The van der Waals surface area contributed by atoms with Crippen LogP contribution in [0.2, 0.25) is 0 Å². The lowest BCUT2D eigenvalue weighted by atomic mass is 10.1. The predicted octanol–water partition coefficient (Wildman–Crippen LogP) is 3.46. The molecule has 1 aliphatic rings. The third kappa shape index (κ3) is 3.54. The summed E-state index contributed by atoms with van der Waals surface area (Å²) in [4.78, 5) is 10.8. The van der Waals surface area contributed by atoms with Crippen molar-refractivity contribution >= 4 is 33.7 Å². The van der Waals surface area contributed by atoms with Crippen LogP contribution in [0.4, 0.5) is 0 Å². The monoisotopic (exact) mass is 346 g/mol. The standard InChI is InChI=1S/C13H19BrN2O2S/c1-3-16-10(12(14)9(2)15-16)7-19-8-13(4-5-13)6-11(17)18/h3-8H2,1-2H3,(H,17,18). The minimum Gasteiger partial charge on any atom is -0.481 e. The van der Waals surface area contributed by atoms with Crippen LogP contribution in [0.5, 0.6) is 0 Å². The lowest BCUT2D eigenvalue weighted by Crippen LogP contribution is -2.11. The Kier molecular flexibility index (Phi) is 4.61. The average molecular weight is 347 g/mol. The smallest absolute Gasteiger partial charge is 0.303 e. The number of aryl methyl sites for hydroxylation is 2. The highest BCUT2D eigenvalue weighted by Crippen LogP contribution is 2.51. The van der Waals surface area contributed by atoms with Gasteiger partial charge < -0.3 is 5.11 Å². The Bertz CT molecular complexity index is 483. The van der Waals surface area contributed by atoms with Crippen molar-refractivity contribution in [3.05, 3.63) is 15.9 Å². The van der Waals surface area contributed by atoms with Crippen molar-refractivity contribution in [1.82, 2.24) is 9.78 Å². The van der Waals surface area contributed by atoms with Crippen LogP contribution in [0.15, 0.2) is 4.47 Å². The number of carboxylic acids is 1. The highest BCUT2D eigenvalue weighted by atomic mass is 79.9. The zero-order valence-electron chi connectivity index (χ0n) is 11.3. The molecule has 19 heavy (non-hydrogen) atoms. The summed E-state index contributed by atoms with van der Waals surface area (Å²) in [5.74, 6) is 1.14. The molecule has 1 heterocycles. The second-order valence-electron chi connectivity index (χ2n) is 5.23. The first-order valence-electron chi connectivity index (χ1n) is 6.49. The molecule has 1 aromatic heterocycles. The third-order valence-corrected chi connectivity index (χ3v) is 5.91. The summed E-state index contributed by atoms with van der Waals surface area (Å²) < 4.78 is 3.10. The number of hydrogen-bond donors (Lipinski definition) is 1. The molecular weight excluding hydrogens is 328 g/mol. The van der Waals surface area contributed by atoms with E-state index in [4.69, 9.17) is 5.11 Å². The zero-order valence-corrected chi connectivity index (χ0v) is 13.7. The molecule has 4 nitrogen and oxygen atoms in total. The number of halogens is 1. The minimum absolute atomic E-state index is 0.0646. The first-order chi connectivity index (χ1) is 8.97. The van der Waals surface area contributed by atoms with E-state index in [9.17, 15) is 4.79 Å². The van der Waals surface area contributed by atoms with E-state index in [0.717, 1.165) is 41.1 Å². The van der Waals surface area contributed by atoms with Crippen LogP contribution in [0, 0.1) is 12.3 Å². The van der Waals surface area contributed by atoms with Crippen LogP contribution in [0.1, 0.15) is 37.6 Å². The van der Waals surface area contributed by atoms with Gasteiger partial charge in [-0.1, -0.05) is 0 Å². The van der Waals surface area contributed by atoms with Crippen LogP contribution in [0.3, 0.4) is 0 Å². The van der Waals surface area contributed by atoms with Gasteiger partial charge in [-0.3, -0.25) is 9.48 Å². The van der Waals surface area contributed by atoms with Crippen molar-refractivity contribution in [1.29, 1.82) is 0 Å². The molecule has 0 radical (unpaired) electrons. The van der Waals surface area contributed by atoms with E-state index >= 15 is 0 Å². The maximum Gasteiger partial charge on any atom is 0.303 e. The van der Waals surface area contributed by atoms with Crippen molar-refractivity contribution in [2.45, 2.75) is 45.4 Å². The maximum atomic E-state index is 10.8. The molecule has 0 amide bonds. The quantitative estimate of drug-likeness (QED) is 0.821. The number of nitrogens with zero attached hydrogens (tertiary/aromatic N) is 2. The summed E-state index contributed by atoms with van der Waals surface area (Å²) in [6.45, 7) is 4.94. The van der Waals surface area contributed by atoms with Gasteiger partial charge in [0, 0.05) is 12.3 Å². The lowest BCUT2D eigenvalue weighted by molar-refractivity contribution is -0.138. The van der Waals surface area contributed by atoms with Crippen molar-refractivity contribution in [2.24, 2.45) is 5.41 Å². The van der Waals surface area contributed by atoms with Gasteiger partial charge in [-0.15, -0.1) is 0 Å². The number of aromatic nitrogens is 2. The molecule has 0 aliphatic heterocycles. The molecule has 0 aromatic carbocycles. The van der Waals surface area contributed by atoms with Gasteiger partial charge in [0.05, 0.1) is 22.3 Å². The third-order valence-electron chi connectivity index (χ3n) is 3.58. The summed E-state index contributed by atoms with van der Waals surface area (Å²) in [5, 5.41) is 13.4. The molecule has 6 heteroatoms. The highest BCUT2D eigenvalue weighted by molar-refractivity contribution is 9.10. The molecule has 1 saturated carbocycles. The molecule has 106 valence electrons. The molecule has 0 saturated heterocycles. The van der Waals surface area contributed by atoms with E-state index in [2.05, 4.69) is 28.0 Å². The molecule has 0 bridgehead atoms. The van der Waals surface area contributed by atoms with Crippen LogP contribution >= 0.6 is 27.7 Å². The number of carbonyl (C=O) groups is 1. The van der Waals surface area contributed by atoms with Crippen molar-refractivity contribution < 1.29 is 9.90 Å². The molecule has 0 unspecified atom stereocenters. The lowest BCUT2D eigenvalue weighted by Gasteiger charge is -2.12. The number of rotatable bonds is 7. The molecule has 0 atom stereocenters. The van der Waals surface area contributed by atoms with Crippen LogP contribution in [-0.4, -0.2) is 26.6 Å². The molecule has 1 N–H and O–H groups in total. The van der Waals surface area contributed by atoms with Crippen molar-refractivity contribution in [3.63, 3.8) is 0 Å². The van der Waals surface area contributed by atoms with E-state index in [-0.39, 0.29) is 5.41 Å². The number of thioether (sulfide) groups is 1. The Labute approximate surface area is 126 Å². The first-order valence-corrected chi connectivity index (χ1v) is 8.43. The molecule has 2 rings (SSSR count). The molecule has 1 aromatic rings. The van der Waals surface area contributed by atoms with Gasteiger partial charge in [0.15, 0.2) is 0 Å². The molecule has 1 aliphatic carbocycles. The summed E-state index contributed by atoms with van der Waals surface area (Å²) in [7, 11) is 0. The molecule has 1 fully saturated rings. The summed E-state index contributed by atoms with van der Waals surface area (Å²) in [6.07, 6.45) is 2.42. The molecular formula is C13H19BrN2O2S. The fourth-order valence-corrected chi connectivity index (χ4v) is 4.26. The Hall–Kier alpha value is -0.490. The van der Waals surface area contributed by atoms with Gasteiger partial charge in [0.2, 0.25) is 0 Å². The Morgan fingerprint density at radius 2 is 2.26 bits per heavy atom. The van der Waals surface area contributed by atoms with Gasteiger partial charge in [0.1, 0.15) is 0 Å². The van der Waals surface area contributed by atoms with Gasteiger partial charge in [-0.05, 0) is 53.8 Å². The Morgan fingerprint density at radius 1 is 1.58 bits per heavy atom. The second kappa shape index (κ2) is 5.87. The summed E-state index contributed by atoms with van der Waals surface area (Å²) in [6, 6.07) is 0. The SMILES string of the molecule is CCn1nc(C)c(Br)c1CSCC1(CC(=O)O)CC1. The van der Waals surface area contributed by atoms with Crippen LogP contribution in [-0.2, 0) is 17.1 Å². The second-order valence-corrected chi connectivity index (χ2v) is 7.00. The average Bonchev–Trinajstić information content (AvgIpc) is 3.04. The summed E-state index contributed by atoms with van der Waals surface area (Å²) >= 11 is 5.41. The van der Waals surface area contributed by atoms with Gasteiger partial charge in [0.25, 0.3) is 0 Å². The molecule has 0 spiro atoms. The van der Waals surface area contributed by atoms with Crippen molar-refractivity contribution in [2.75, 3.05) is 5.75 Å². The fraction of sp³-hybridized carbons (Fsp3) is 0.692. The van der Waals surface area contributed by atoms with E-state index < -0.39 is 5.97 Å². The van der Waals surface area contributed by atoms with Crippen molar-refractivity contribution in [3.8, 4) is 0 Å². The minimum atomic E-state index is -0.672. The van der Waals surface area contributed by atoms with Crippen LogP contribution < -0.4 is 0 Å². The number of carboxylic acid groups (broad SMARTS) is 1. The number of aliphatic carboxylic acids is 1. The highest BCUT2D eigenvalue weighted by Gasteiger charge is 2.44. The Morgan fingerprint density at radius 3 is 2.79 bits per heavy atom. The maximum absolute atomic E-state index is 10.8. The topological polar surface area (TPSA) is 55.1 Å². The number of hydrogen-bond acceptors (Lipinski definition) is 3. The Balaban J connectivity index is 1.91.